The van der Waals surface area contributed by atoms with Gasteiger partial charge < -0.3 is 5.73 Å². The molecule has 4 heteroatoms. The number of rotatable bonds is 5. The van der Waals surface area contributed by atoms with E-state index < -0.39 is 0 Å². The fourth-order valence-electron chi connectivity index (χ4n) is 1.28. The molecule has 0 fully saturated rings. The molecule has 0 bridgehead atoms. The van der Waals surface area contributed by atoms with Gasteiger partial charge in [-0.25, -0.2) is 0 Å². The smallest absolute Gasteiger partial charge is 0.0701 e. The van der Waals surface area contributed by atoms with Gasteiger partial charge in [0.25, 0.3) is 0 Å². The third kappa shape index (κ3) is 4.10. The van der Waals surface area contributed by atoms with Crippen LogP contribution in [0.15, 0.2) is 15.9 Å². The van der Waals surface area contributed by atoms with Crippen LogP contribution >= 0.6 is 39.0 Å². The number of halogens is 1. The third-order valence-electron chi connectivity index (χ3n) is 2.31. The lowest BCUT2D eigenvalue weighted by molar-refractivity contribution is 0.723. The molecule has 1 rings (SSSR count). The van der Waals surface area contributed by atoms with Gasteiger partial charge in [-0.3, -0.25) is 0 Å². The summed E-state index contributed by atoms with van der Waals surface area (Å²) in [5.74, 6) is 0. The molecule has 0 saturated carbocycles. The van der Waals surface area contributed by atoms with Crippen molar-refractivity contribution in [3.05, 3.63) is 20.8 Å². The lowest BCUT2D eigenvalue weighted by Crippen LogP contribution is -2.23. The summed E-state index contributed by atoms with van der Waals surface area (Å²) in [4.78, 5) is 1.38. The molecule has 0 aliphatic rings. The first-order valence-electron chi connectivity index (χ1n) is 5.20. The topological polar surface area (TPSA) is 26.0 Å². The van der Waals surface area contributed by atoms with Crippen LogP contribution in [-0.2, 0) is 0 Å². The normalized spacial score (nSPS) is 17.4. The molecule has 1 aromatic rings. The zero-order valence-electron chi connectivity index (χ0n) is 9.37. The summed E-state index contributed by atoms with van der Waals surface area (Å²) < 4.78 is 1.19. The van der Waals surface area contributed by atoms with Crippen molar-refractivity contribution in [2.75, 3.05) is 0 Å². The fourth-order valence-corrected chi connectivity index (χ4v) is 4.26. The van der Waals surface area contributed by atoms with Gasteiger partial charge in [-0.2, -0.15) is 0 Å². The molecule has 0 amide bonds. The highest BCUT2D eigenvalue weighted by Crippen LogP contribution is 2.39. The number of nitrogens with two attached hydrogens (primary N) is 1. The molecular formula is C11H18BrNS2. The van der Waals surface area contributed by atoms with Crippen molar-refractivity contribution in [1.82, 2.24) is 0 Å². The second-order valence-electron chi connectivity index (χ2n) is 3.78. The number of thiophene rings is 1. The van der Waals surface area contributed by atoms with Crippen molar-refractivity contribution in [2.45, 2.75) is 43.7 Å². The monoisotopic (exact) mass is 307 g/mol. The summed E-state index contributed by atoms with van der Waals surface area (Å²) in [6.07, 6.45) is 1.19. The Morgan fingerprint density at radius 3 is 2.53 bits per heavy atom. The highest BCUT2D eigenvalue weighted by Gasteiger charge is 2.20. The van der Waals surface area contributed by atoms with E-state index in [4.69, 9.17) is 5.73 Å². The zero-order chi connectivity index (χ0) is 11.4. The van der Waals surface area contributed by atoms with Gasteiger partial charge in [-0.1, -0.05) is 13.8 Å². The van der Waals surface area contributed by atoms with Gasteiger partial charge in [0.05, 0.1) is 9.04 Å². The summed E-state index contributed by atoms with van der Waals surface area (Å²) >= 11 is 7.28. The van der Waals surface area contributed by atoms with Gasteiger partial charge in [-0.15, -0.1) is 23.1 Å². The van der Waals surface area contributed by atoms with Gasteiger partial charge in [-0.05, 0) is 41.4 Å². The molecule has 1 heterocycles. The lowest BCUT2D eigenvalue weighted by atomic mass is 10.2. The maximum atomic E-state index is 6.05. The summed E-state index contributed by atoms with van der Waals surface area (Å²) in [5.41, 5.74) is 6.05. The first-order valence-corrected chi connectivity index (χ1v) is 7.76. The average Bonchev–Trinajstić information content (AvgIpc) is 2.60. The van der Waals surface area contributed by atoms with E-state index >= 15 is 0 Å². The Morgan fingerprint density at radius 2 is 2.13 bits per heavy atom. The first-order chi connectivity index (χ1) is 7.04. The Kier molecular flexibility index (Phi) is 5.68. The Labute approximate surface area is 109 Å². The van der Waals surface area contributed by atoms with Gasteiger partial charge in [0.1, 0.15) is 0 Å². The van der Waals surface area contributed by atoms with Gasteiger partial charge in [0.15, 0.2) is 0 Å². The molecule has 0 radical (unpaired) electrons. The highest BCUT2D eigenvalue weighted by atomic mass is 79.9. The molecule has 15 heavy (non-hydrogen) atoms. The van der Waals surface area contributed by atoms with Gasteiger partial charge in [0.2, 0.25) is 0 Å². The highest BCUT2D eigenvalue weighted by molar-refractivity contribution is 9.11. The van der Waals surface area contributed by atoms with Crippen LogP contribution in [0.3, 0.4) is 0 Å². The number of hydrogen-bond donors (Lipinski definition) is 1. The number of hydrogen-bond acceptors (Lipinski definition) is 3. The summed E-state index contributed by atoms with van der Waals surface area (Å²) in [6.45, 7) is 6.58. The van der Waals surface area contributed by atoms with Crippen molar-refractivity contribution in [3.8, 4) is 0 Å². The second-order valence-corrected chi connectivity index (χ2v) is 7.86. The van der Waals surface area contributed by atoms with Crippen molar-refractivity contribution < 1.29 is 0 Å². The minimum Gasteiger partial charge on any atom is -0.327 e. The van der Waals surface area contributed by atoms with E-state index in [1.807, 2.05) is 11.8 Å². The molecule has 3 atom stereocenters. The average molecular weight is 308 g/mol. The van der Waals surface area contributed by atoms with Crippen molar-refractivity contribution >= 4 is 39.0 Å². The quantitative estimate of drug-likeness (QED) is 0.871. The molecule has 1 aromatic heterocycles. The Balaban J connectivity index is 2.74. The van der Waals surface area contributed by atoms with Crippen molar-refractivity contribution in [2.24, 2.45) is 5.73 Å². The molecule has 0 aromatic carbocycles. The summed E-state index contributed by atoms with van der Waals surface area (Å²) in [5, 5.41) is 1.10. The SMILES string of the molecule is CCC(C)SC(c1ccc(Br)s1)C(C)N. The molecule has 2 N–H and O–H groups in total. The van der Waals surface area contributed by atoms with Crippen LogP contribution in [0.4, 0.5) is 0 Å². The van der Waals surface area contributed by atoms with Crippen LogP contribution in [0, 0.1) is 0 Å². The summed E-state index contributed by atoms with van der Waals surface area (Å²) in [7, 11) is 0. The Morgan fingerprint density at radius 1 is 1.47 bits per heavy atom. The van der Waals surface area contributed by atoms with E-state index in [2.05, 4.69) is 48.8 Å². The largest absolute Gasteiger partial charge is 0.327 e. The second kappa shape index (κ2) is 6.28. The van der Waals surface area contributed by atoms with E-state index in [9.17, 15) is 0 Å². The maximum absolute atomic E-state index is 6.05. The first kappa shape index (κ1) is 13.6. The zero-order valence-corrected chi connectivity index (χ0v) is 12.6. The van der Waals surface area contributed by atoms with E-state index in [1.54, 1.807) is 11.3 Å². The molecule has 0 spiro atoms. The van der Waals surface area contributed by atoms with Crippen LogP contribution in [0.5, 0.6) is 0 Å². The minimum atomic E-state index is 0.203. The molecule has 1 nitrogen and oxygen atoms in total. The van der Waals surface area contributed by atoms with Crippen LogP contribution < -0.4 is 5.73 Å². The van der Waals surface area contributed by atoms with Gasteiger partial charge in [0, 0.05) is 16.2 Å². The van der Waals surface area contributed by atoms with Crippen LogP contribution in [0.25, 0.3) is 0 Å². The van der Waals surface area contributed by atoms with Crippen LogP contribution in [0.2, 0.25) is 0 Å². The maximum Gasteiger partial charge on any atom is 0.0701 e. The van der Waals surface area contributed by atoms with E-state index in [1.165, 1.54) is 15.1 Å². The van der Waals surface area contributed by atoms with E-state index in [0.717, 1.165) is 0 Å². The standard InChI is InChI=1S/C11H18BrNS2/c1-4-7(2)14-11(8(3)13)9-5-6-10(12)15-9/h5-8,11H,4,13H2,1-3H3. The molecule has 0 saturated heterocycles. The van der Waals surface area contributed by atoms with E-state index in [-0.39, 0.29) is 6.04 Å². The Bertz CT molecular complexity index is 299. The molecule has 0 aliphatic heterocycles. The lowest BCUT2D eigenvalue weighted by Gasteiger charge is -2.22. The predicted molar refractivity (Wildman–Crippen MR) is 75.8 cm³/mol. The number of thioether (sulfide) groups is 1. The van der Waals surface area contributed by atoms with Gasteiger partial charge >= 0.3 is 0 Å². The van der Waals surface area contributed by atoms with E-state index in [0.29, 0.717) is 10.5 Å². The van der Waals surface area contributed by atoms with Crippen molar-refractivity contribution in [3.63, 3.8) is 0 Å². The predicted octanol–water partition coefficient (Wildman–Crippen LogP) is 4.43. The van der Waals surface area contributed by atoms with Crippen molar-refractivity contribution in [1.29, 1.82) is 0 Å². The molecule has 0 aliphatic carbocycles. The fraction of sp³-hybridized carbons (Fsp3) is 0.636. The summed E-state index contributed by atoms with van der Waals surface area (Å²) in [6, 6.07) is 4.49. The Hall–Kier alpha value is 0.490. The third-order valence-corrected chi connectivity index (χ3v) is 5.94. The molecular weight excluding hydrogens is 290 g/mol. The minimum absolute atomic E-state index is 0.203. The van der Waals surface area contributed by atoms with Crippen LogP contribution in [0.1, 0.15) is 37.3 Å². The van der Waals surface area contributed by atoms with Crippen LogP contribution in [-0.4, -0.2) is 11.3 Å². The molecule has 86 valence electrons. The molecule has 3 unspecified atom stereocenters.